The number of carbonyl (C=O) groups is 1. The third-order valence-corrected chi connectivity index (χ3v) is 4.11. The zero-order valence-corrected chi connectivity index (χ0v) is 10.4. The molecular formula is C14H18N2O. The molecule has 90 valence electrons. The van der Waals surface area contributed by atoms with Gasteiger partial charge >= 0.3 is 0 Å². The SMILES string of the molecule is Cc1ccc2c(c1)[C@H]1CN(C)CC[C@@H]1N2C=O. The molecule has 2 atom stereocenters. The van der Waals surface area contributed by atoms with Crippen LogP contribution in [-0.2, 0) is 4.79 Å². The minimum atomic E-state index is 0.375. The van der Waals surface area contributed by atoms with Crippen molar-refractivity contribution in [3.63, 3.8) is 0 Å². The minimum absolute atomic E-state index is 0.375. The van der Waals surface area contributed by atoms with Gasteiger partial charge in [0, 0.05) is 24.2 Å². The predicted octanol–water partition coefficient (Wildman–Crippen LogP) is 1.76. The van der Waals surface area contributed by atoms with Crippen LogP contribution in [0.2, 0.25) is 0 Å². The first-order valence-corrected chi connectivity index (χ1v) is 6.23. The molecule has 3 heteroatoms. The van der Waals surface area contributed by atoms with E-state index < -0.39 is 0 Å². The van der Waals surface area contributed by atoms with Crippen LogP contribution in [0.5, 0.6) is 0 Å². The van der Waals surface area contributed by atoms with Gasteiger partial charge in [-0.2, -0.15) is 0 Å². The molecule has 0 radical (unpaired) electrons. The highest BCUT2D eigenvalue weighted by atomic mass is 16.1. The van der Waals surface area contributed by atoms with Crippen molar-refractivity contribution in [2.45, 2.75) is 25.3 Å². The Bertz CT molecular complexity index is 458. The monoisotopic (exact) mass is 230 g/mol. The Morgan fingerprint density at radius 3 is 3.00 bits per heavy atom. The quantitative estimate of drug-likeness (QED) is 0.686. The summed E-state index contributed by atoms with van der Waals surface area (Å²) in [5, 5.41) is 0. The molecule has 2 heterocycles. The number of nitrogens with zero attached hydrogens (tertiary/aromatic N) is 2. The van der Waals surface area contributed by atoms with Gasteiger partial charge in [0.25, 0.3) is 0 Å². The van der Waals surface area contributed by atoms with Gasteiger partial charge in [-0.3, -0.25) is 4.79 Å². The van der Waals surface area contributed by atoms with Gasteiger partial charge in [-0.15, -0.1) is 0 Å². The van der Waals surface area contributed by atoms with Crippen molar-refractivity contribution in [1.82, 2.24) is 4.90 Å². The van der Waals surface area contributed by atoms with Crippen LogP contribution in [0.15, 0.2) is 18.2 Å². The number of fused-ring (bicyclic) bond motifs is 3. The number of amides is 1. The normalized spacial score (nSPS) is 27.8. The van der Waals surface area contributed by atoms with Crippen LogP contribution < -0.4 is 4.90 Å². The average molecular weight is 230 g/mol. The molecule has 0 spiro atoms. The van der Waals surface area contributed by atoms with Crippen molar-refractivity contribution in [3.8, 4) is 0 Å². The predicted molar refractivity (Wildman–Crippen MR) is 68.4 cm³/mol. The molecule has 1 amide bonds. The first-order valence-electron chi connectivity index (χ1n) is 6.23. The Balaban J connectivity index is 2.07. The standard InChI is InChI=1S/C14H18N2O/c1-10-3-4-13-11(7-10)12-8-15(2)6-5-14(12)16(13)9-17/h3-4,7,9,12,14H,5-6,8H2,1-2H3/t12-,14+/m1/s1. The fraction of sp³-hybridized carbons (Fsp3) is 0.500. The molecule has 0 aliphatic carbocycles. The van der Waals surface area contributed by atoms with E-state index in [0.29, 0.717) is 12.0 Å². The Hall–Kier alpha value is -1.35. The van der Waals surface area contributed by atoms with E-state index in [-0.39, 0.29) is 0 Å². The van der Waals surface area contributed by atoms with Crippen molar-refractivity contribution in [2.24, 2.45) is 0 Å². The van der Waals surface area contributed by atoms with E-state index in [9.17, 15) is 4.79 Å². The summed E-state index contributed by atoms with van der Waals surface area (Å²) in [7, 11) is 2.16. The molecule has 17 heavy (non-hydrogen) atoms. The molecule has 0 bridgehead atoms. The van der Waals surface area contributed by atoms with Crippen molar-refractivity contribution in [1.29, 1.82) is 0 Å². The number of rotatable bonds is 1. The van der Waals surface area contributed by atoms with Crippen LogP contribution in [-0.4, -0.2) is 37.5 Å². The highest BCUT2D eigenvalue weighted by molar-refractivity contribution is 5.82. The van der Waals surface area contributed by atoms with E-state index in [1.54, 1.807) is 0 Å². The number of piperidine rings is 1. The van der Waals surface area contributed by atoms with Crippen molar-refractivity contribution in [3.05, 3.63) is 29.3 Å². The van der Waals surface area contributed by atoms with Gasteiger partial charge < -0.3 is 9.80 Å². The maximum absolute atomic E-state index is 11.3. The molecule has 0 aromatic heterocycles. The number of benzene rings is 1. The van der Waals surface area contributed by atoms with E-state index in [1.807, 2.05) is 4.90 Å². The summed E-state index contributed by atoms with van der Waals surface area (Å²) in [6, 6.07) is 6.81. The molecule has 1 aromatic carbocycles. The lowest BCUT2D eigenvalue weighted by atomic mass is 9.89. The number of hydrogen-bond donors (Lipinski definition) is 0. The van der Waals surface area contributed by atoms with E-state index in [0.717, 1.165) is 31.6 Å². The maximum Gasteiger partial charge on any atom is 0.214 e. The van der Waals surface area contributed by atoms with Crippen molar-refractivity contribution < 1.29 is 4.79 Å². The van der Waals surface area contributed by atoms with Crippen molar-refractivity contribution in [2.75, 3.05) is 25.0 Å². The van der Waals surface area contributed by atoms with Gasteiger partial charge in [0.2, 0.25) is 6.41 Å². The number of likely N-dealkylation sites (tertiary alicyclic amines) is 1. The Labute approximate surface area is 102 Å². The largest absolute Gasteiger partial charge is 0.311 e. The van der Waals surface area contributed by atoms with E-state index in [2.05, 4.69) is 37.1 Å². The first kappa shape index (κ1) is 10.8. The molecule has 2 aliphatic rings. The van der Waals surface area contributed by atoms with Gasteiger partial charge in [-0.25, -0.2) is 0 Å². The summed E-state index contributed by atoms with van der Waals surface area (Å²) in [5.41, 5.74) is 3.76. The van der Waals surface area contributed by atoms with Crippen LogP contribution in [0.1, 0.15) is 23.5 Å². The summed E-state index contributed by atoms with van der Waals surface area (Å²) in [6.07, 6.45) is 2.08. The fourth-order valence-corrected chi connectivity index (χ4v) is 3.26. The number of carbonyl (C=O) groups excluding carboxylic acids is 1. The zero-order chi connectivity index (χ0) is 12.0. The molecule has 0 saturated carbocycles. The number of likely N-dealkylation sites (N-methyl/N-ethyl adjacent to an activating group) is 1. The topological polar surface area (TPSA) is 23.6 Å². The molecular weight excluding hydrogens is 212 g/mol. The smallest absolute Gasteiger partial charge is 0.214 e. The molecule has 0 unspecified atom stereocenters. The molecule has 1 aromatic rings. The van der Waals surface area contributed by atoms with Crippen LogP contribution in [0.25, 0.3) is 0 Å². The molecule has 1 fully saturated rings. The summed E-state index contributed by atoms with van der Waals surface area (Å²) in [4.78, 5) is 15.6. The third kappa shape index (κ3) is 1.57. The second-order valence-electron chi connectivity index (χ2n) is 5.30. The lowest BCUT2D eigenvalue weighted by molar-refractivity contribution is -0.108. The fourth-order valence-electron chi connectivity index (χ4n) is 3.26. The molecule has 0 N–H and O–H groups in total. The Morgan fingerprint density at radius 2 is 2.24 bits per heavy atom. The van der Waals surface area contributed by atoms with Crippen LogP contribution >= 0.6 is 0 Å². The number of aryl methyl sites for hydroxylation is 1. The highest BCUT2D eigenvalue weighted by Crippen LogP contribution is 2.43. The maximum atomic E-state index is 11.3. The Morgan fingerprint density at radius 1 is 1.41 bits per heavy atom. The summed E-state index contributed by atoms with van der Waals surface area (Å²) in [6.45, 7) is 4.26. The Kier molecular flexibility index (Phi) is 2.44. The van der Waals surface area contributed by atoms with Crippen LogP contribution in [0.3, 0.4) is 0 Å². The van der Waals surface area contributed by atoms with Gasteiger partial charge in [0.1, 0.15) is 0 Å². The molecule has 3 nitrogen and oxygen atoms in total. The lowest BCUT2D eigenvalue weighted by Gasteiger charge is -2.35. The second kappa shape index (κ2) is 3.84. The van der Waals surface area contributed by atoms with Gasteiger partial charge in [-0.05, 0) is 38.6 Å². The van der Waals surface area contributed by atoms with Gasteiger partial charge in [-0.1, -0.05) is 17.7 Å². The van der Waals surface area contributed by atoms with Gasteiger partial charge in [0.15, 0.2) is 0 Å². The average Bonchev–Trinajstić information content (AvgIpc) is 2.62. The summed E-state index contributed by atoms with van der Waals surface area (Å²) in [5.74, 6) is 0.494. The zero-order valence-electron chi connectivity index (χ0n) is 10.4. The lowest BCUT2D eigenvalue weighted by Crippen LogP contribution is -2.44. The highest BCUT2D eigenvalue weighted by Gasteiger charge is 2.40. The third-order valence-electron chi connectivity index (χ3n) is 4.11. The summed E-state index contributed by atoms with van der Waals surface area (Å²) >= 11 is 0. The minimum Gasteiger partial charge on any atom is -0.311 e. The molecule has 1 saturated heterocycles. The summed E-state index contributed by atoms with van der Waals surface area (Å²) < 4.78 is 0. The first-order chi connectivity index (χ1) is 8.20. The van der Waals surface area contributed by atoms with E-state index >= 15 is 0 Å². The van der Waals surface area contributed by atoms with Crippen molar-refractivity contribution >= 4 is 12.1 Å². The van der Waals surface area contributed by atoms with E-state index in [1.165, 1.54) is 11.1 Å². The van der Waals surface area contributed by atoms with Crippen LogP contribution in [0, 0.1) is 6.92 Å². The second-order valence-corrected chi connectivity index (χ2v) is 5.30. The molecule has 2 aliphatic heterocycles. The number of anilines is 1. The van der Waals surface area contributed by atoms with E-state index in [4.69, 9.17) is 0 Å². The van der Waals surface area contributed by atoms with Crippen LogP contribution in [0.4, 0.5) is 5.69 Å². The van der Waals surface area contributed by atoms with Gasteiger partial charge in [0.05, 0.1) is 0 Å². The molecule has 3 rings (SSSR count). The number of hydrogen-bond acceptors (Lipinski definition) is 2.